The van der Waals surface area contributed by atoms with Gasteiger partial charge >= 0.3 is 0 Å². The fourth-order valence-corrected chi connectivity index (χ4v) is 3.63. The van der Waals surface area contributed by atoms with Crippen LogP contribution in [0, 0.1) is 26.7 Å². The fraction of sp³-hybridized carbons (Fsp3) is 0.476. The number of nitrogens with two attached hydrogens (primary N) is 1. The molecule has 3 rings (SSSR count). The first-order valence-corrected chi connectivity index (χ1v) is 9.49. The van der Waals surface area contributed by atoms with Crippen molar-refractivity contribution in [3.05, 3.63) is 46.8 Å². The van der Waals surface area contributed by atoms with E-state index in [1.807, 2.05) is 36.9 Å². The van der Waals surface area contributed by atoms with Gasteiger partial charge in [0.1, 0.15) is 5.75 Å². The summed E-state index contributed by atoms with van der Waals surface area (Å²) in [5.41, 5.74) is 9.31. The second kappa shape index (κ2) is 8.37. The highest BCUT2D eigenvalue weighted by Crippen LogP contribution is 2.21. The standard InChI is InChI=1S/C21H28N4O2/c1-14-6-4-8-18(10-14)27-13-17-7-5-9-25(12-17)20(26)11-19-15(2)23-21(22)24-16(19)3/h4,6,8,10,17H,5,7,9,11-13H2,1-3H3,(H2,22,23,24). The first-order chi connectivity index (χ1) is 12.9. The van der Waals surface area contributed by atoms with Gasteiger partial charge in [-0.1, -0.05) is 12.1 Å². The van der Waals surface area contributed by atoms with Crippen molar-refractivity contribution >= 4 is 11.9 Å². The third kappa shape index (κ3) is 4.96. The number of rotatable bonds is 5. The molecule has 1 aromatic heterocycles. The molecular formula is C21H28N4O2. The summed E-state index contributed by atoms with van der Waals surface area (Å²) in [5, 5.41) is 0. The van der Waals surface area contributed by atoms with Crippen molar-refractivity contribution in [3.63, 3.8) is 0 Å². The number of aromatic nitrogens is 2. The van der Waals surface area contributed by atoms with Crippen molar-refractivity contribution in [2.24, 2.45) is 5.92 Å². The van der Waals surface area contributed by atoms with Gasteiger partial charge in [-0.2, -0.15) is 0 Å². The normalized spacial score (nSPS) is 17.0. The summed E-state index contributed by atoms with van der Waals surface area (Å²) in [5.74, 6) is 1.62. The molecule has 1 fully saturated rings. The third-order valence-corrected chi connectivity index (χ3v) is 5.11. The lowest BCUT2D eigenvalue weighted by molar-refractivity contribution is -0.132. The molecule has 1 aliphatic rings. The lowest BCUT2D eigenvalue weighted by atomic mass is 9.98. The number of likely N-dealkylation sites (tertiary alicyclic amines) is 1. The molecule has 144 valence electrons. The van der Waals surface area contributed by atoms with Gasteiger partial charge in [-0.3, -0.25) is 4.79 Å². The third-order valence-electron chi connectivity index (χ3n) is 5.11. The quantitative estimate of drug-likeness (QED) is 0.878. The highest BCUT2D eigenvalue weighted by atomic mass is 16.5. The molecule has 1 aliphatic heterocycles. The number of anilines is 1. The van der Waals surface area contributed by atoms with Crippen molar-refractivity contribution in [2.45, 2.75) is 40.0 Å². The first kappa shape index (κ1) is 19.1. The van der Waals surface area contributed by atoms with Gasteiger partial charge in [0.2, 0.25) is 11.9 Å². The van der Waals surface area contributed by atoms with Crippen molar-refractivity contribution < 1.29 is 9.53 Å². The molecule has 1 atom stereocenters. The monoisotopic (exact) mass is 368 g/mol. The van der Waals surface area contributed by atoms with Gasteiger partial charge in [-0.05, 0) is 51.3 Å². The summed E-state index contributed by atoms with van der Waals surface area (Å²) < 4.78 is 5.95. The fourth-order valence-electron chi connectivity index (χ4n) is 3.63. The molecule has 1 saturated heterocycles. The molecule has 6 nitrogen and oxygen atoms in total. The largest absolute Gasteiger partial charge is 0.493 e. The Hall–Kier alpha value is -2.63. The van der Waals surface area contributed by atoms with E-state index in [1.165, 1.54) is 5.56 Å². The molecule has 27 heavy (non-hydrogen) atoms. The van der Waals surface area contributed by atoms with E-state index in [9.17, 15) is 4.79 Å². The van der Waals surface area contributed by atoms with E-state index in [1.54, 1.807) is 0 Å². The number of hydrogen-bond donors (Lipinski definition) is 1. The lowest BCUT2D eigenvalue weighted by Crippen LogP contribution is -2.42. The van der Waals surface area contributed by atoms with Crippen LogP contribution in [0.25, 0.3) is 0 Å². The van der Waals surface area contributed by atoms with Crippen LogP contribution < -0.4 is 10.5 Å². The number of amides is 1. The molecule has 2 N–H and O–H groups in total. The van der Waals surface area contributed by atoms with Crippen molar-refractivity contribution in [1.29, 1.82) is 0 Å². The zero-order chi connectivity index (χ0) is 19.4. The van der Waals surface area contributed by atoms with E-state index in [0.717, 1.165) is 48.6 Å². The summed E-state index contributed by atoms with van der Waals surface area (Å²) >= 11 is 0. The molecule has 1 unspecified atom stereocenters. The van der Waals surface area contributed by atoms with E-state index in [-0.39, 0.29) is 11.9 Å². The van der Waals surface area contributed by atoms with Crippen molar-refractivity contribution in [1.82, 2.24) is 14.9 Å². The summed E-state index contributed by atoms with van der Waals surface area (Å²) in [4.78, 5) is 23.2. The molecule has 0 bridgehead atoms. The zero-order valence-electron chi connectivity index (χ0n) is 16.4. The van der Waals surface area contributed by atoms with E-state index in [4.69, 9.17) is 10.5 Å². The number of ether oxygens (including phenoxy) is 1. The van der Waals surface area contributed by atoms with Gasteiger partial charge in [0.25, 0.3) is 0 Å². The van der Waals surface area contributed by atoms with Gasteiger partial charge in [-0.15, -0.1) is 0 Å². The van der Waals surface area contributed by atoms with Crippen LogP contribution in [0.1, 0.15) is 35.4 Å². The predicted molar refractivity (Wildman–Crippen MR) is 106 cm³/mol. The van der Waals surface area contributed by atoms with Crippen LogP contribution in [-0.4, -0.2) is 40.5 Å². The SMILES string of the molecule is Cc1cccc(OCC2CCCN(C(=O)Cc3c(C)nc(N)nc3C)C2)c1. The lowest BCUT2D eigenvalue weighted by Gasteiger charge is -2.33. The van der Waals surface area contributed by atoms with Gasteiger partial charge in [0, 0.05) is 36.0 Å². The van der Waals surface area contributed by atoms with E-state index < -0.39 is 0 Å². The predicted octanol–water partition coefficient (Wildman–Crippen LogP) is 2.84. The molecular weight excluding hydrogens is 340 g/mol. The Labute approximate surface area is 160 Å². The van der Waals surface area contributed by atoms with E-state index >= 15 is 0 Å². The van der Waals surface area contributed by atoms with Crippen LogP contribution >= 0.6 is 0 Å². The number of carbonyl (C=O) groups excluding carboxylic acids is 1. The number of aryl methyl sites for hydroxylation is 3. The summed E-state index contributed by atoms with van der Waals surface area (Å²) in [6, 6.07) is 8.07. The van der Waals surface area contributed by atoms with Gasteiger partial charge < -0.3 is 15.4 Å². The Morgan fingerprint density at radius 3 is 2.70 bits per heavy atom. The Balaban J connectivity index is 1.58. The van der Waals surface area contributed by atoms with Crippen molar-refractivity contribution in [2.75, 3.05) is 25.4 Å². The molecule has 0 saturated carbocycles. The van der Waals surface area contributed by atoms with Crippen LogP contribution in [-0.2, 0) is 11.2 Å². The second-order valence-corrected chi connectivity index (χ2v) is 7.38. The average molecular weight is 368 g/mol. The van der Waals surface area contributed by atoms with Crippen LogP contribution in [0.4, 0.5) is 5.95 Å². The number of carbonyl (C=O) groups is 1. The highest BCUT2D eigenvalue weighted by molar-refractivity contribution is 5.79. The highest BCUT2D eigenvalue weighted by Gasteiger charge is 2.25. The van der Waals surface area contributed by atoms with Crippen LogP contribution in [0.3, 0.4) is 0 Å². The molecule has 1 aromatic carbocycles. The molecule has 0 aliphatic carbocycles. The number of hydrogen-bond acceptors (Lipinski definition) is 5. The molecule has 0 spiro atoms. The van der Waals surface area contributed by atoms with Crippen LogP contribution in [0.2, 0.25) is 0 Å². The molecule has 1 amide bonds. The second-order valence-electron chi connectivity index (χ2n) is 7.38. The van der Waals surface area contributed by atoms with Crippen LogP contribution in [0.15, 0.2) is 24.3 Å². The number of benzene rings is 1. The minimum atomic E-state index is 0.120. The first-order valence-electron chi connectivity index (χ1n) is 9.49. The van der Waals surface area contributed by atoms with Gasteiger partial charge in [0.05, 0.1) is 13.0 Å². The number of nitrogen functional groups attached to an aromatic ring is 1. The maximum atomic E-state index is 12.8. The maximum absolute atomic E-state index is 12.8. The van der Waals surface area contributed by atoms with Gasteiger partial charge in [0.15, 0.2) is 0 Å². The summed E-state index contributed by atoms with van der Waals surface area (Å²) in [6.45, 7) is 7.98. The topological polar surface area (TPSA) is 81.3 Å². The molecule has 0 radical (unpaired) electrons. The summed E-state index contributed by atoms with van der Waals surface area (Å²) in [7, 11) is 0. The average Bonchev–Trinajstić information content (AvgIpc) is 2.63. The van der Waals surface area contributed by atoms with Gasteiger partial charge in [-0.25, -0.2) is 9.97 Å². The van der Waals surface area contributed by atoms with E-state index in [0.29, 0.717) is 18.9 Å². The number of nitrogens with zero attached hydrogens (tertiary/aromatic N) is 3. The van der Waals surface area contributed by atoms with Crippen molar-refractivity contribution in [3.8, 4) is 5.75 Å². The Morgan fingerprint density at radius 1 is 1.26 bits per heavy atom. The molecule has 6 heteroatoms. The molecule has 2 heterocycles. The maximum Gasteiger partial charge on any atom is 0.227 e. The zero-order valence-corrected chi connectivity index (χ0v) is 16.4. The Kier molecular flexibility index (Phi) is 5.94. The van der Waals surface area contributed by atoms with Crippen LogP contribution in [0.5, 0.6) is 5.75 Å². The Bertz CT molecular complexity index is 799. The minimum absolute atomic E-state index is 0.120. The number of piperidine rings is 1. The molecule has 2 aromatic rings. The summed E-state index contributed by atoms with van der Waals surface area (Å²) in [6.07, 6.45) is 2.41. The minimum Gasteiger partial charge on any atom is -0.493 e. The Morgan fingerprint density at radius 2 is 2.00 bits per heavy atom. The smallest absolute Gasteiger partial charge is 0.227 e. The van der Waals surface area contributed by atoms with E-state index in [2.05, 4.69) is 23.0 Å².